The molecule has 2 fully saturated rings. The lowest BCUT2D eigenvalue weighted by molar-refractivity contribution is -0.126. The first-order valence-corrected chi connectivity index (χ1v) is 9.80. The molecule has 132 valence electrons. The van der Waals surface area contributed by atoms with E-state index in [4.69, 9.17) is 4.74 Å². The van der Waals surface area contributed by atoms with E-state index in [9.17, 15) is 9.59 Å². The maximum absolute atomic E-state index is 12.3. The van der Waals surface area contributed by atoms with Crippen LogP contribution < -0.4 is 5.32 Å². The fourth-order valence-electron chi connectivity index (χ4n) is 2.97. The molecule has 2 heterocycles. The van der Waals surface area contributed by atoms with Crippen LogP contribution in [0.2, 0.25) is 0 Å². The second-order valence-electron chi connectivity index (χ2n) is 6.71. The summed E-state index contributed by atoms with van der Waals surface area (Å²) in [5.41, 5.74) is 0. The highest BCUT2D eigenvalue weighted by Gasteiger charge is 2.28. The van der Waals surface area contributed by atoms with Gasteiger partial charge in [-0.2, -0.15) is 0 Å². The summed E-state index contributed by atoms with van der Waals surface area (Å²) in [6.45, 7) is 3.62. The largest absolute Gasteiger partial charge is 0.381 e. The van der Waals surface area contributed by atoms with Crippen LogP contribution in [0.15, 0.2) is 17.5 Å². The average Bonchev–Trinajstić information content (AvgIpc) is 3.27. The number of piperidine rings is 1. The van der Waals surface area contributed by atoms with Crippen molar-refractivity contribution in [1.29, 1.82) is 0 Å². The first-order chi connectivity index (χ1) is 11.7. The summed E-state index contributed by atoms with van der Waals surface area (Å²) in [4.78, 5) is 27.1. The van der Waals surface area contributed by atoms with E-state index in [-0.39, 0.29) is 17.7 Å². The highest BCUT2D eigenvalue weighted by atomic mass is 32.1. The Kier molecular flexibility index (Phi) is 6.26. The molecule has 1 aromatic heterocycles. The molecule has 1 N–H and O–H groups in total. The predicted molar refractivity (Wildman–Crippen MR) is 94.1 cm³/mol. The molecule has 2 aliphatic rings. The lowest BCUT2D eigenvalue weighted by Crippen LogP contribution is -2.43. The molecule has 5 nitrogen and oxygen atoms in total. The van der Waals surface area contributed by atoms with Gasteiger partial charge in [0.15, 0.2) is 0 Å². The van der Waals surface area contributed by atoms with Crippen LogP contribution in [0.5, 0.6) is 0 Å². The van der Waals surface area contributed by atoms with Crippen LogP contribution in [-0.2, 0) is 9.53 Å². The van der Waals surface area contributed by atoms with E-state index in [1.54, 1.807) is 0 Å². The summed E-state index contributed by atoms with van der Waals surface area (Å²) >= 11 is 1.47. The second kappa shape index (κ2) is 8.62. The van der Waals surface area contributed by atoms with Crippen LogP contribution in [0.25, 0.3) is 0 Å². The Morgan fingerprint density at radius 2 is 2.04 bits per heavy atom. The normalized spacial score (nSPS) is 18.6. The Morgan fingerprint density at radius 3 is 2.71 bits per heavy atom. The summed E-state index contributed by atoms with van der Waals surface area (Å²) in [7, 11) is 0. The summed E-state index contributed by atoms with van der Waals surface area (Å²) in [6.07, 6.45) is 4.99. The minimum absolute atomic E-state index is 0.0322. The average molecular weight is 350 g/mol. The van der Waals surface area contributed by atoms with Crippen molar-refractivity contribution in [2.45, 2.75) is 32.1 Å². The number of ether oxygens (including phenoxy) is 1. The van der Waals surface area contributed by atoms with Crippen molar-refractivity contribution < 1.29 is 14.3 Å². The Balaban J connectivity index is 1.29. The number of nitrogens with one attached hydrogen (secondary N) is 1. The highest BCUT2D eigenvalue weighted by Crippen LogP contribution is 2.28. The maximum atomic E-state index is 12.3. The zero-order valence-electron chi connectivity index (χ0n) is 14.0. The van der Waals surface area contributed by atoms with Gasteiger partial charge in [-0.3, -0.25) is 9.59 Å². The van der Waals surface area contributed by atoms with Crippen LogP contribution >= 0.6 is 11.3 Å². The Labute approximate surface area is 147 Å². The molecular formula is C18H26N2O3S. The van der Waals surface area contributed by atoms with E-state index in [2.05, 4.69) is 5.32 Å². The van der Waals surface area contributed by atoms with Crippen molar-refractivity contribution in [3.05, 3.63) is 22.4 Å². The third kappa shape index (κ3) is 5.05. The molecule has 0 atom stereocenters. The zero-order chi connectivity index (χ0) is 16.8. The first-order valence-electron chi connectivity index (χ1n) is 8.92. The molecular weight excluding hydrogens is 324 g/mol. The molecule has 0 aromatic carbocycles. The summed E-state index contributed by atoms with van der Waals surface area (Å²) in [5.74, 6) is 1.04. The van der Waals surface area contributed by atoms with Crippen molar-refractivity contribution in [2.75, 3.05) is 32.8 Å². The third-order valence-corrected chi connectivity index (χ3v) is 5.56. The number of carbonyl (C=O) groups is 2. The summed E-state index contributed by atoms with van der Waals surface area (Å²) in [6, 6.07) is 3.75. The Bertz CT molecular complexity index is 534. The van der Waals surface area contributed by atoms with Crippen LogP contribution in [-0.4, -0.2) is 49.6 Å². The fraction of sp³-hybridized carbons (Fsp3) is 0.667. The van der Waals surface area contributed by atoms with Crippen LogP contribution in [0.1, 0.15) is 41.8 Å². The van der Waals surface area contributed by atoms with Gasteiger partial charge < -0.3 is 15.0 Å². The van der Waals surface area contributed by atoms with Crippen molar-refractivity contribution in [3.63, 3.8) is 0 Å². The van der Waals surface area contributed by atoms with Gasteiger partial charge in [-0.25, -0.2) is 0 Å². The molecule has 1 aromatic rings. The van der Waals surface area contributed by atoms with Crippen molar-refractivity contribution in [1.82, 2.24) is 10.2 Å². The molecule has 1 aliphatic carbocycles. The lowest BCUT2D eigenvalue weighted by Gasteiger charge is -2.31. The number of likely N-dealkylation sites (tertiary alicyclic amines) is 1. The van der Waals surface area contributed by atoms with Gasteiger partial charge in [-0.05, 0) is 49.5 Å². The highest BCUT2D eigenvalue weighted by molar-refractivity contribution is 7.12. The summed E-state index contributed by atoms with van der Waals surface area (Å²) < 4.78 is 5.57. The van der Waals surface area contributed by atoms with Gasteiger partial charge in [0.25, 0.3) is 5.91 Å². The molecule has 1 aliphatic heterocycles. The number of nitrogens with zero attached hydrogens (tertiary/aromatic N) is 1. The standard InChI is InChI=1S/C18H26N2O3S/c21-17(19-8-2-11-23-13-14-4-5-14)15-6-9-20(10-7-15)18(22)16-3-1-12-24-16/h1,3,12,14-15H,2,4-11,13H2,(H,19,21). The number of rotatable bonds is 8. The van der Waals surface area contributed by atoms with Crippen molar-refractivity contribution in [3.8, 4) is 0 Å². The van der Waals surface area contributed by atoms with E-state index < -0.39 is 0 Å². The first kappa shape index (κ1) is 17.4. The minimum atomic E-state index is 0.0322. The van der Waals surface area contributed by atoms with E-state index in [1.807, 2.05) is 22.4 Å². The summed E-state index contributed by atoms with van der Waals surface area (Å²) in [5, 5.41) is 4.93. The topological polar surface area (TPSA) is 58.6 Å². The molecule has 0 spiro atoms. The van der Waals surface area contributed by atoms with Gasteiger partial charge in [0.2, 0.25) is 5.91 Å². The number of amides is 2. The van der Waals surface area contributed by atoms with Crippen LogP contribution in [0, 0.1) is 11.8 Å². The molecule has 0 bridgehead atoms. The molecule has 2 amide bonds. The smallest absolute Gasteiger partial charge is 0.263 e. The van der Waals surface area contributed by atoms with E-state index in [0.717, 1.165) is 43.3 Å². The van der Waals surface area contributed by atoms with Gasteiger partial charge in [-0.1, -0.05) is 6.07 Å². The number of hydrogen-bond acceptors (Lipinski definition) is 4. The van der Waals surface area contributed by atoms with Crippen molar-refractivity contribution >= 4 is 23.2 Å². The molecule has 24 heavy (non-hydrogen) atoms. The van der Waals surface area contributed by atoms with Gasteiger partial charge in [0.05, 0.1) is 4.88 Å². The second-order valence-corrected chi connectivity index (χ2v) is 7.65. The molecule has 3 rings (SSSR count). The van der Waals surface area contributed by atoms with Crippen LogP contribution in [0.4, 0.5) is 0 Å². The van der Waals surface area contributed by atoms with E-state index >= 15 is 0 Å². The zero-order valence-corrected chi connectivity index (χ0v) is 14.9. The van der Waals surface area contributed by atoms with E-state index in [0.29, 0.717) is 19.6 Å². The predicted octanol–water partition coefficient (Wildman–Crippen LogP) is 2.53. The quantitative estimate of drug-likeness (QED) is 0.733. The monoisotopic (exact) mass is 350 g/mol. The number of thiophene rings is 1. The Hall–Kier alpha value is -1.40. The van der Waals surface area contributed by atoms with Gasteiger partial charge in [-0.15, -0.1) is 11.3 Å². The maximum Gasteiger partial charge on any atom is 0.263 e. The number of carbonyl (C=O) groups excluding carboxylic acids is 2. The molecule has 1 saturated heterocycles. The van der Waals surface area contributed by atoms with Gasteiger partial charge >= 0.3 is 0 Å². The third-order valence-electron chi connectivity index (χ3n) is 4.70. The molecule has 0 unspecified atom stereocenters. The fourth-order valence-corrected chi connectivity index (χ4v) is 3.66. The minimum Gasteiger partial charge on any atom is -0.381 e. The van der Waals surface area contributed by atoms with Crippen LogP contribution in [0.3, 0.4) is 0 Å². The Morgan fingerprint density at radius 1 is 1.25 bits per heavy atom. The van der Waals surface area contributed by atoms with Crippen molar-refractivity contribution in [2.24, 2.45) is 11.8 Å². The van der Waals surface area contributed by atoms with E-state index in [1.165, 1.54) is 24.2 Å². The number of hydrogen-bond donors (Lipinski definition) is 1. The van der Waals surface area contributed by atoms with Gasteiger partial charge in [0.1, 0.15) is 0 Å². The molecule has 0 radical (unpaired) electrons. The van der Waals surface area contributed by atoms with Gasteiger partial charge in [0, 0.05) is 38.8 Å². The lowest BCUT2D eigenvalue weighted by atomic mass is 9.95. The molecule has 1 saturated carbocycles. The molecule has 6 heteroatoms. The SMILES string of the molecule is O=C(NCCCOCC1CC1)C1CCN(C(=O)c2cccs2)CC1.